The Kier molecular flexibility index (Phi) is 8.48. The lowest BCUT2D eigenvalue weighted by Gasteiger charge is -2.54. The van der Waals surface area contributed by atoms with Crippen LogP contribution in [0.15, 0.2) is 60.7 Å². The molecule has 4 rings (SSSR count). The number of carbonyl (C=O) groups excluding carboxylic acids is 3. The second kappa shape index (κ2) is 11.8. The number of piperazine rings is 1. The molecule has 0 bridgehead atoms. The van der Waals surface area contributed by atoms with E-state index in [0.29, 0.717) is 26.1 Å². The van der Waals surface area contributed by atoms with E-state index in [1.807, 2.05) is 53.4 Å². The molecule has 2 aromatic carbocycles. The summed E-state index contributed by atoms with van der Waals surface area (Å²) < 4.78 is 0. The van der Waals surface area contributed by atoms with Gasteiger partial charge in [0, 0.05) is 20.1 Å². The summed E-state index contributed by atoms with van der Waals surface area (Å²) in [7, 11) is 1.76. The van der Waals surface area contributed by atoms with E-state index < -0.39 is 12.2 Å². The second-order valence-corrected chi connectivity index (χ2v) is 10.6. The van der Waals surface area contributed by atoms with E-state index in [4.69, 9.17) is 0 Å². The summed E-state index contributed by atoms with van der Waals surface area (Å²) in [6, 6.07) is 19.2. The highest BCUT2D eigenvalue weighted by Gasteiger charge is 2.50. The Morgan fingerprint density at radius 3 is 2.30 bits per heavy atom. The Morgan fingerprint density at radius 1 is 1.00 bits per heavy atom. The molecule has 1 N–H and O–H groups in total. The van der Waals surface area contributed by atoms with Crippen molar-refractivity contribution in [2.24, 2.45) is 5.92 Å². The minimum Gasteiger partial charge on any atom is -0.337 e. The zero-order valence-corrected chi connectivity index (χ0v) is 22.3. The van der Waals surface area contributed by atoms with Crippen LogP contribution in [-0.4, -0.2) is 76.6 Å². The number of urea groups is 1. The molecule has 0 aromatic heterocycles. The fourth-order valence-corrected chi connectivity index (χ4v) is 5.33. The molecule has 3 atom stereocenters. The normalized spacial score (nSPS) is 21.3. The summed E-state index contributed by atoms with van der Waals surface area (Å²) in [4.78, 5) is 43.9. The predicted octanol–water partition coefficient (Wildman–Crippen LogP) is 3.66. The summed E-state index contributed by atoms with van der Waals surface area (Å²) in [5.74, 6) is 0.380. The standard InChI is InChI=1S/C29H39N5O3/c1-21(2)17-25-28(36)32(16-15-22(3)24-13-9-6-10-14-24)19-26-33(25)27(35)20-31(4)34(26)29(37)30-18-23-11-7-5-8-12-23/h5-14,21-22,25-26H,15-20H2,1-4H3,(H,30,37)/t22-,25+,26+/m1/s1. The summed E-state index contributed by atoms with van der Waals surface area (Å²) in [5.41, 5.74) is 2.23. The number of rotatable bonds is 8. The van der Waals surface area contributed by atoms with Crippen molar-refractivity contribution in [2.45, 2.75) is 58.3 Å². The molecule has 2 aliphatic rings. The Labute approximate surface area is 220 Å². The smallest absolute Gasteiger partial charge is 0.334 e. The first-order valence-corrected chi connectivity index (χ1v) is 13.2. The maximum Gasteiger partial charge on any atom is 0.334 e. The lowest BCUT2D eigenvalue weighted by molar-refractivity contribution is -0.188. The highest BCUT2D eigenvalue weighted by atomic mass is 16.2. The molecule has 0 spiro atoms. The lowest BCUT2D eigenvalue weighted by atomic mass is 9.95. The monoisotopic (exact) mass is 505 g/mol. The molecule has 2 saturated heterocycles. The SMILES string of the molecule is CC(C)C[C@H]1C(=O)N(CC[C@@H](C)c2ccccc2)C[C@H]2N1C(=O)CN(C)N2C(=O)NCc1ccccc1. The van der Waals surface area contributed by atoms with Crippen LogP contribution < -0.4 is 5.32 Å². The Bertz CT molecular complexity index is 1080. The van der Waals surface area contributed by atoms with Gasteiger partial charge in [-0.15, -0.1) is 0 Å². The number of fused-ring (bicyclic) bond motifs is 1. The summed E-state index contributed by atoms with van der Waals surface area (Å²) >= 11 is 0. The summed E-state index contributed by atoms with van der Waals surface area (Å²) in [5, 5.41) is 6.30. The fourth-order valence-electron chi connectivity index (χ4n) is 5.33. The van der Waals surface area contributed by atoms with Gasteiger partial charge in [-0.25, -0.2) is 14.8 Å². The van der Waals surface area contributed by atoms with Crippen molar-refractivity contribution in [3.8, 4) is 0 Å². The van der Waals surface area contributed by atoms with Gasteiger partial charge in [0.2, 0.25) is 11.8 Å². The predicted molar refractivity (Wildman–Crippen MR) is 143 cm³/mol. The third-order valence-corrected chi connectivity index (χ3v) is 7.33. The third kappa shape index (κ3) is 6.13. The van der Waals surface area contributed by atoms with E-state index in [1.54, 1.807) is 22.0 Å². The summed E-state index contributed by atoms with van der Waals surface area (Å²) in [6.45, 7) is 7.60. The lowest BCUT2D eigenvalue weighted by Crippen LogP contribution is -2.76. The molecule has 8 heteroatoms. The quantitative estimate of drug-likeness (QED) is 0.594. The van der Waals surface area contributed by atoms with Crippen LogP contribution in [0.5, 0.6) is 0 Å². The van der Waals surface area contributed by atoms with Crippen LogP contribution in [0.2, 0.25) is 0 Å². The molecule has 0 aliphatic carbocycles. The number of hydrogen-bond acceptors (Lipinski definition) is 4. The Hall–Kier alpha value is -3.39. The van der Waals surface area contributed by atoms with E-state index in [-0.39, 0.29) is 36.2 Å². The van der Waals surface area contributed by atoms with Gasteiger partial charge in [-0.1, -0.05) is 81.4 Å². The molecule has 198 valence electrons. The topological polar surface area (TPSA) is 76.2 Å². The van der Waals surface area contributed by atoms with Crippen molar-refractivity contribution in [1.82, 2.24) is 25.1 Å². The number of likely N-dealkylation sites (N-methyl/N-ethyl adjacent to an activating group) is 1. The van der Waals surface area contributed by atoms with Gasteiger partial charge < -0.3 is 15.1 Å². The van der Waals surface area contributed by atoms with Gasteiger partial charge in [0.05, 0.1) is 13.1 Å². The minimum atomic E-state index is -0.573. The van der Waals surface area contributed by atoms with Crippen LogP contribution in [0.4, 0.5) is 4.79 Å². The first kappa shape index (κ1) is 26.7. The number of hydrazine groups is 1. The van der Waals surface area contributed by atoms with Crippen molar-refractivity contribution in [2.75, 3.05) is 26.7 Å². The van der Waals surface area contributed by atoms with Crippen LogP contribution in [0.3, 0.4) is 0 Å². The number of amides is 4. The second-order valence-electron chi connectivity index (χ2n) is 10.6. The van der Waals surface area contributed by atoms with Crippen molar-refractivity contribution in [3.63, 3.8) is 0 Å². The number of hydrogen-bond donors (Lipinski definition) is 1. The van der Waals surface area contributed by atoms with Gasteiger partial charge >= 0.3 is 6.03 Å². The molecule has 0 radical (unpaired) electrons. The fraction of sp³-hybridized carbons (Fsp3) is 0.483. The minimum absolute atomic E-state index is 0.0206. The van der Waals surface area contributed by atoms with Crippen molar-refractivity contribution >= 4 is 17.8 Å². The van der Waals surface area contributed by atoms with Gasteiger partial charge in [-0.05, 0) is 35.8 Å². The molecule has 8 nitrogen and oxygen atoms in total. The Morgan fingerprint density at radius 2 is 1.65 bits per heavy atom. The van der Waals surface area contributed by atoms with Crippen molar-refractivity contribution < 1.29 is 14.4 Å². The third-order valence-electron chi connectivity index (χ3n) is 7.33. The molecule has 2 aromatic rings. The molecule has 0 saturated carbocycles. The van der Waals surface area contributed by atoms with E-state index in [2.05, 4.69) is 38.2 Å². The molecule has 0 unspecified atom stereocenters. The number of nitrogens with one attached hydrogen (secondary N) is 1. The highest BCUT2D eigenvalue weighted by Crippen LogP contribution is 2.30. The van der Waals surface area contributed by atoms with Crippen LogP contribution in [0.25, 0.3) is 0 Å². The molecular weight excluding hydrogens is 466 g/mol. The average molecular weight is 506 g/mol. The van der Waals surface area contributed by atoms with Crippen LogP contribution >= 0.6 is 0 Å². The zero-order valence-electron chi connectivity index (χ0n) is 22.3. The highest BCUT2D eigenvalue weighted by molar-refractivity contribution is 5.91. The zero-order chi connectivity index (χ0) is 26.5. The maximum atomic E-state index is 13.7. The number of carbonyl (C=O) groups is 3. The van der Waals surface area contributed by atoms with Gasteiger partial charge in [0.25, 0.3) is 0 Å². The van der Waals surface area contributed by atoms with Gasteiger partial charge in [-0.2, -0.15) is 0 Å². The molecule has 4 amide bonds. The van der Waals surface area contributed by atoms with Crippen molar-refractivity contribution in [3.05, 3.63) is 71.8 Å². The number of nitrogens with zero attached hydrogens (tertiary/aromatic N) is 4. The van der Waals surface area contributed by atoms with Gasteiger partial charge in [0.1, 0.15) is 12.2 Å². The van der Waals surface area contributed by atoms with Crippen molar-refractivity contribution in [1.29, 1.82) is 0 Å². The molecule has 2 aliphatic heterocycles. The molecular formula is C29H39N5O3. The van der Waals surface area contributed by atoms with Crippen LogP contribution in [-0.2, 0) is 16.1 Å². The Balaban J connectivity index is 1.55. The average Bonchev–Trinajstić information content (AvgIpc) is 2.88. The largest absolute Gasteiger partial charge is 0.337 e. The van der Waals surface area contributed by atoms with Gasteiger partial charge in [0.15, 0.2) is 0 Å². The maximum absolute atomic E-state index is 13.7. The van der Waals surface area contributed by atoms with Crippen LogP contribution in [0, 0.1) is 5.92 Å². The van der Waals surface area contributed by atoms with E-state index in [9.17, 15) is 14.4 Å². The molecule has 2 fully saturated rings. The molecule has 37 heavy (non-hydrogen) atoms. The first-order valence-electron chi connectivity index (χ1n) is 13.2. The van der Waals surface area contributed by atoms with E-state index in [0.717, 1.165) is 12.0 Å². The first-order chi connectivity index (χ1) is 17.8. The van der Waals surface area contributed by atoms with E-state index in [1.165, 1.54) is 5.56 Å². The van der Waals surface area contributed by atoms with E-state index >= 15 is 0 Å². The van der Waals surface area contributed by atoms with Crippen LogP contribution in [0.1, 0.15) is 50.7 Å². The number of benzene rings is 2. The van der Waals surface area contributed by atoms with Gasteiger partial charge in [-0.3, -0.25) is 9.59 Å². The summed E-state index contributed by atoms with van der Waals surface area (Å²) in [6.07, 6.45) is 0.825. The molecule has 2 heterocycles.